The molecule has 424 valence electrons. The van der Waals surface area contributed by atoms with Crippen molar-refractivity contribution in [3.8, 4) is 0 Å². The van der Waals surface area contributed by atoms with Gasteiger partial charge in [0.15, 0.2) is 11.6 Å². The fraction of sp³-hybridized carbons (Fsp3) is 0.554. The summed E-state index contributed by atoms with van der Waals surface area (Å²) in [4.78, 5) is 12.3. The smallest absolute Gasteiger partial charge is 0.192 e. The fourth-order valence-corrected chi connectivity index (χ4v) is 10.8. The van der Waals surface area contributed by atoms with Crippen molar-refractivity contribution in [3.05, 3.63) is 190 Å². The van der Waals surface area contributed by atoms with E-state index in [4.69, 9.17) is 9.47 Å². The van der Waals surface area contributed by atoms with Crippen LogP contribution in [0.25, 0.3) is 0 Å². The number of Topliss-reactive ketones (excluding diaryl/α,β-unsaturated/α-hetero) is 1. The van der Waals surface area contributed by atoms with Gasteiger partial charge < -0.3 is 9.47 Å². The Balaban J connectivity index is 1.75. The molecular formula is C74H110O3. The maximum atomic E-state index is 12.3. The maximum Gasteiger partial charge on any atom is 0.192 e. The minimum Gasteiger partial charge on any atom is -0.340 e. The van der Waals surface area contributed by atoms with Gasteiger partial charge in [-0.05, 0) is 203 Å². The Morgan fingerprint density at radius 3 is 1.56 bits per heavy atom. The van der Waals surface area contributed by atoms with Gasteiger partial charge in [-0.2, -0.15) is 0 Å². The third-order valence-electron chi connectivity index (χ3n) is 17.9. The monoisotopic (exact) mass is 1050 g/mol. The summed E-state index contributed by atoms with van der Waals surface area (Å²) in [6, 6.07) is 0. The molecule has 3 nitrogen and oxygen atoms in total. The van der Waals surface area contributed by atoms with Gasteiger partial charge in [0.05, 0.1) is 11.7 Å². The van der Waals surface area contributed by atoms with Crippen molar-refractivity contribution < 1.29 is 14.3 Å². The van der Waals surface area contributed by atoms with Gasteiger partial charge in [-0.1, -0.05) is 223 Å². The lowest BCUT2D eigenvalue weighted by molar-refractivity contribution is -0.174. The maximum absolute atomic E-state index is 12.3. The summed E-state index contributed by atoms with van der Waals surface area (Å²) >= 11 is 0. The van der Waals surface area contributed by atoms with Crippen LogP contribution in [-0.2, 0) is 14.3 Å². The molecule has 0 aromatic heterocycles. The summed E-state index contributed by atoms with van der Waals surface area (Å²) < 4.78 is 14.8. The Kier molecular flexibility index (Phi) is 26.6. The third-order valence-corrected chi connectivity index (χ3v) is 17.9. The molecule has 0 saturated carbocycles. The predicted octanol–water partition coefficient (Wildman–Crippen LogP) is 21.9. The van der Waals surface area contributed by atoms with E-state index >= 15 is 0 Å². The Hall–Kier alpha value is -4.57. The number of ether oxygens (including phenoxy) is 2. The zero-order chi connectivity index (χ0) is 57.9. The highest BCUT2D eigenvalue weighted by Crippen LogP contribution is 2.55. The van der Waals surface area contributed by atoms with Crippen molar-refractivity contribution in [2.75, 3.05) is 0 Å². The quantitative estimate of drug-likeness (QED) is 0.0553. The highest BCUT2D eigenvalue weighted by atomic mass is 16.8. The van der Waals surface area contributed by atoms with Crippen LogP contribution in [-0.4, -0.2) is 23.3 Å². The lowest BCUT2D eigenvalue weighted by atomic mass is 9.70. The molecule has 3 aliphatic rings. The van der Waals surface area contributed by atoms with Crippen LogP contribution in [0.3, 0.4) is 0 Å². The number of hydrogen-bond donors (Lipinski definition) is 0. The highest BCUT2D eigenvalue weighted by molar-refractivity contribution is 5.97. The Morgan fingerprint density at radius 1 is 0.584 bits per heavy atom. The average Bonchev–Trinajstić information content (AvgIpc) is 3.65. The van der Waals surface area contributed by atoms with Gasteiger partial charge in [-0.25, -0.2) is 0 Å². The topological polar surface area (TPSA) is 35.5 Å². The molecule has 1 saturated heterocycles. The van der Waals surface area contributed by atoms with E-state index in [1.54, 1.807) is 0 Å². The zero-order valence-electron chi connectivity index (χ0n) is 52.5. The van der Waals surface area contributed by atoms with E-state index in [1.165, 1.54) is 55.7 Å². The molecule has 3 heteroatoms. The van der Waals surface area contributed by atoms with Gasteiger partial charge >= 0.3 is 0 Å². The number of rotatable bonds is 29. The first-order valence-corrected chi connectivity index (χ1v) is 29.7. The Bertz CT molecular complexity index is 2480. The van der Waals surface area contributed by atoms with Crippen LogP contribution < -0.4 is 0 Å². The molecule has 1 aliphatic heterocycles. The van der Waals surface area contributed by atoms with Gasteiger partial charge in [0, 0.05) is 12.8 Å². The SMILES string of the molecule is C=C(C)[C@H](C)CCC(=C)[C@H](C)CC[C@@]1(C)O[C@@]2(CCC(C)(C)C(/C=C/C(C)=C/C=C/C(C)=C/C=C/C=C(C)/C=C/C=C(C)/C=C/C3=C(C)C(=O)CCC3(C)C)=C2C)O[C@@H]1CC/C=C(\C)CC[C@@H](C)C(=C)CC[C@H](C)C(=C)C. The van der Waals surface area contributed by atoms with E-state index in [9.17, 15) is 4.79 Å². The molecule has 7 atom stereocenters. The van der Waals surface area contributed by atoms with Gasteiger partial charge in [-0.15, -0.1) is 0 Å². The Labute approximate surface area is 474 Å². The highest BCUT2D eigenvalue weighted by Gasteiger charge is 2.57. The molecule has 77 heavy (non-hydrogen) atoms. The number of allylic oxidation sites excluding steroid dienone is 27. The van der Waals surface area contributed by atoms with E-state index in [1.807, 2.05) is 6.92 Å². The van der Waals surface area contributed by atoms with Gasteiger partial charge in [0.1, 0.15) is 0 Å². The molecule has 0 radical (unpaired) electrons. The van der Waals surface area contributed by atoms with E-state index < -0.39 is 11.4 Å². The van der Waals surface area contributed by atoms with Gasteiger partial charge in [0.25, 0.3) is 0 Å². The van der Waals surface area contributed by atoms with Crippen LogP contribution >= 0.6 is 0 Å². The molecule has 0 bridgehead atoms. The lowest BCUT2D eigenvalue weighted by Crippen LogP contribution is -2.42. The van der Waals surface area contributed by atoms with Crippen molar-refractivity contribution in [3.63, 3.8) is 0 Å². The van der Waals surface area contributed by atoms with Crippen LogP contribution in [0, 0.1) is 34.5 Å². The number of ketones is 1. The first-order chi connectivity index (χ1) is 35.9. The van der Waals surface area contributed by atoms with E-state index in [-0.39, 0.29) is 22.7 Å². The predicted molar refractivity (Wildman–Crippen MR) is 339 cm³/mol. The molecular weight excluding hydrogens is 937 g/mol. The minimum absolute atomic E-state index is 0.0182. The first-order valence-electron chi connectivity index (χ1n) is 29.7. The van der Waals surface area contributed by atoms with Gasteiger partial charge in [0.2, 0.25) is 0 Å². The van der Waals surface area contributed by atoms with Crippen molar-refractivity contribution >= 4 is 5.78 Å². The van der Waals surface area contributed by atoms with Crippen molar-refractivity contribution in [1.29, 1.82) is 0 Å². The molecule has 0 unspecified atom stereocenters. The second-order valence-electron chi connectivity index (χ2n) is 25.9. The summed E-state index contributed by atoms with van der Waals surface area (Å²) in [6.07, 6.45) is 46.3. The van der Waals surface area contributed by atoms with E-state index in [0.29, 0.717) is 30.1 Å². The lowest BCUT2D eigenvalue weighted by Gasteiger charge is -2.43. The molecule has 1 heterocycles. The van der Waals surface area contributed by atoms with Crippen LogP contribution in [0.2, 0.25) is 0 Å². The summed E-state index contributed by atoms with van der Waals surface area (Å²) in [5, 5.41) is 0. The van der Waals surface area contributed by atoms with Crippen molar-refractivity contribution in [1.82, 2.24) is 0 Å². The number of carbonyl (C=O) groups excluding carboxylic acids is 1. The van der Waals surface area contributed by atoms with Crippen LogP contribution in [0.4, 0.5) is 0 Å². The molecule has 0 aromatic rings. The average molecular weight is 1050 g/mol. The second-order valence-corrected chi connectivity index (χ2v) is 25.9. The van der Waals surface area contributed by atoms with Crippen LogP contribution in [0.15, 0.2) is 190 Å². The molecule has 1 fully saturated rings. The van der Waals surface area contributed by atoms with Crippen molar-refractivity contribution in [2.24, 2.45) is 34.5 Å². The third kappa shape index (κ3) is 21.2. The Morgan fingerprint density at radius 2 is 1.04 bits per heavy atom. The molecule has 3 rings (SSSR count). The van der Waals surface area contributed by atoms with Crippen LogP contribution in [0.5, 0.6) is 0 Å². The molecule has 2 aliphatic carbocycles. The van der Waals surface area contributed by atoms with E-state index in [2.05, 4.69) is 235 Å². The normalized spacial score (nSPS) is 24.7. The molecule has 0 amide bonds. The fourth-order valence-electron chi connectivity index (χ4n) is 10.8. The molecule has 1 spiro atoms. The van der Waals surface area contributed by atoms with Gasteiger partial charge in [-0.3, -0.25) is 4.79 Å². The largest absolute Gasteiger partial charge is 0.340 e. The van der Waals surface area contributed by atoms with E-state index in [0.717, 1.165) is 100 Å². The second kappa shape index (κ2) is 30.7. The molecule has 0 N–H and O–H groups in total. The number of hydrogen-bond acceptors (Lipinski definition) is 3. The summed E-state index contributed by atoms with van der Waals surface area (Å²) in [5.74, 6) is 1.47. The minimum atomic E-state index is -0.750. The summed E-state index contributed by atoms with van der Waals surface area (Å²) in [7, 11) is 0. The standard InChI is InChI=1S/C74H110O3/c1-52(2)59(10)40-42-62(13)61(12)39-36-56(7)34-27-35-70-73(22,49-46-64(15)63(14)43-41-60(11)53(3)4)77-74(76-70)51-50-72(20,21)68(66(74)17)45-38-58(9)33-26-31-55(6)29-24-23-28-54(5)30-25-32-57(8)37-44-67-65(16)69(75)47-48-71(67,18)19/h23-26,28-34,37-38,44-45,59-61,64,70H,1,3,13-14,27,35-36,39-43,46-51H2,2,4-12,15-22H3/b24-23+,30-25+,31-26+,44-37+,45-38+,54-28+,55-29+,56-34+,57-32+,58-33+/t59-,60+,61+,64+,70+,73+,74+/m0/s1. The van der Waals surface area contributed by atoms with Crippen molar-refractivity contribution in [2.45, 2.75) is 232 Å². The first kappa shape index (κ1) is 66.7. The number of carbonyl (C=O) groups is 1. The zero-order valence-corrected chi connectivity index (χ0v) is 52.5. The summed E-state index contributed by atoms with van der Waals surface area (Å²) in [5.41, 5.74) is 15.5. The van der Waals surface area contributed by atoms with Crippen LogP contribution in [0.1, 0.15) is 215 Å². The summed E-state index contributed by atoms with van der Waals surface area (Å²) in [6.45, 7) is 57.5. The molecule has 0 aromatic carbocycles.